The topological polar surface area (TPSA) is 82.0 Å². The number of pyridine rings is 1. The van der Waals surface area contributed by atoms with Gasteiger partial charge in [-0.3, -0.25) is 9.78 Å². The van der Waals surface area contributed by atoms with Gasteiger partial charge in [-0.2, -0.15) is 13.2 Å². The summed E-state index contributed by atoms with van der Waals surface area (Å²) in [4.78, 5) is 15.4. The van der Waals surface area contributed by atoms with Crippen LogP contribution in [0.2, 0.25) is 0 Å². The highest BCUT2D eigenvalue weighted by Crippen LogP contribution is 2.31. The van der Waals surface area contributed by atoms with E-state index in [1.54, 1.807) is 12.1 Å². The number of carbonyl (C=O) groups excluding carboxylic acids is 1. The van der Waals surface area contributed by atoms with Crippen LogP contribution in [0.4, 0.5) is 13.2 Å². The number of amides is 1. The van der Waals surface area contributed by atoms with E-state index in [0.29, 0.717) is 16.8 Å². The quantitative estimate of drug-likeness (QED) is 0.880. The fourth-order valence-corrected chi connectivity index (χ4v) is 2.07. The van der Waals surface area contributed by atoms with Gasteiger partial charge in [0.1, 0.15) is 0 Å². The second-order valence-electron chi connectivity index (χ2n) is 5.57. The molecule has 24 heavy (non-hydrogen) atoms. The van der Waals surface area contributed by atoms with E-state index in [2.05, 4.69) is 4.98 Å². The highest BCUT2D eigenvalue weighted by molar-refractivity contribution is 5.85. The van der Waals surface area contributed by atoms with E-state index in [4.69, 9.17) is 11.5 Å². The van der Waals surface area contributed by atoms with Gasteiger partial charge in [0, 0.05) is 18.3 Å². The van der Waals surface area contributed by atoms with Crippen LogP contribution in [-0.2, 0) is 17.4 Å². The molecule has 0 aliphatic carbocycles. The number of nitrogens with two attached hydrogens (primary N) is 2. The Kier molecular flexibility index (Phi) is 5.97. The monoisotopic (exact) mass is 359 g/mol. The fraction of sp³-hybridized carbons (Fsp3) is 0.250. The molecular weight excluding hydrogens is 343 g/mol. The summed E-state index contributed by atoms with van der Waals surface area (Å²) in [6, 6.07) is 8.16. The van der Waals surface area contributed by atoms with E-state index >= 15 is 0 Å². The number of primary amides is 1. The van der Waals surface area contributed by atoms with Crippen molar-refractivity contribution in [3.63, 3.8) is 0 Å². The third-order valence-corrected chi connectivity index (χ3v) is 3.47. The Labute approximate surface area is 143 Å². The molecule has 0 aliphatic heterocycles. The maximum Gasteiger partial charge on any atom is 0.416 e. The van der Waals surface area contributed by atoms with Crippen LogP contribution in [-0.4, -0.2) is 16.4 Å². The van der Waals surface area contributed by atoms with Gasteiger partial charge in [0.15, 0.2) is 0 Å². The normalized spacial score (nSPS) is 13.7. The molecule has 2 rings (SSSR count). The molecule has 4 N–H and O–H groups in total. The lowest BCUT2D eigenvalue weighted by molar-refractivity contribution is -0.137. The Bertz CT molecular complexity index is 715. The van der Waals surface area contributed by atoms with Gasteiger partial charge in [-0.05, 0) is 42.3 Å². The van der Waals surface area contributed by atoms with Crippen LogP contribution in [0.15, 0.2) is 42.6 Å². The Balaban J connectivity index is 0.00000288. The maximum atomic E-state index is 12.6. The molecule has 0 saturated carbocycles. The molecule has 130 valence electrons. The predicted molar refractivity (Wildman–Crippen MR) is 87.4 cm³/mol. The van der Waals surface area contributed by atoms with E-state index in [-0.39, 0.29) is 18.8 Å². The molecular formula is C16H17ClF3N3O. The molecule has 0 spiro atoms. The van der Waals surface area contributed by atoms with Crippen molar-refractivity contribution in [1.82, 2.24) is 4.98 Å². The first-order valence-electron chi connectivity index (χ1n) is 6.81. The first kappa shape index (κ1) is 19.9. The zero-order chi connectivity index (χ0) is 17.3. The molecule has 1 atom stereocenters. The minimum atomic E-state index is -4.37. The van der Waals surface area contributed by atoms with Crippen molar-refractivity contribution in [2.45, 2.75) is 25.1 Å². The number of carbonyl (C=O) groups is 1. The molecule has 0 unspecified atom stereocenters. The molecule has 0 bridgehead atoms. The lowest BCUT2D eigenvalue weighted by Crippen LogP contribution is -2.51. The van der Waals surface area contributed by atoms with Crippen molar-refractivity contribution in [3.05, 3.63) is 53.9 Å². The lowest BCUT2D eigenvalue weighted by Gasteiger charge is -2.20. The summed E-state index contributed by atoms with van der Waals surface area (Å²) in [5.41, 5.74) is 10.9. The summed E-state index contributed by atoms with van der Waals surface area (Å²) >= 11 is 0. The van der Waals surface area contributed by atoms with Gasteiger partial charge in [-0.25, -0.2) is 0 Å². The lowest BCUT2D eigenvalue weighted by atomic mass is 9.94. The molecule has 1 amide bonds. The van der Waals surface area contributed by atoms with Gasteiger partial charge >= 0.3 is 6.18 Å². The van der Waals surface area contributed by atoms with Crippen LogP contribution >= 0.6 is 12.4 Å². The maximum absolute atomic E-state index is 12.6. The van der Waals surface area contributed by atoms with E-state index in [1.165, 1.54) is 25.3 Å². The smallest absolute Gasteiger partial charge is 0.368 e. The van der Waals surface area contributed by atoms with E-state index in [9.17, 15) is 18.0 Å². The van der Waals surface area contributed by atoms with Crippen LogP contribution in [0.25, 0.3) is 11.1 Å². The highest BCUT2D eigenvalue weighted by atomic mass is 35.5. The SMILES string of the molecule is C[C@@](N)(Cc1cc(-c2ccc(C(F)(F)F)cc2)ccn1)C(N)=O.Cl. The van der Waals surface area contributed by atoms with Crippen LogP contribution in [0.3, 0.4) is 0 Å². The molecule has 0 saturated heterocycles. The molecule has 1 heterocycles. The molecule has 4 nitrogen and oxygen atoms in total. The van der Waals surface area contributed by atoms with Crippen LogP contribution < -0.4 is 11.5 Å². The van der Waals surface area contributed by atoms with E-state index < -0.39 is 23.2 Å². The average Bonchev–Trinajstić information content (AvgIpc) is 2.46. The molecule has 1 aromatic heterocycles. The zero-order valence-corrected chi connectivity index (χ0v) is 13.6. The Morgan fingerprint density at radius 1 is 1.12 bits per heavy atom. The summed E-state index contributed by atoms with van der Waals surface area (Å²) < 4.78 is 37.7. The first-order chi connectivity index (χ1) is 10.6. The Hall–Kier alpha value is -2.12. The Morgan fingerprint density at radius 2 is 1.71 bits per heavy atom. The molecule has 1 aromatic carbocycles. The molecule has 0 radical (unpaired) electrons. The molecule has 2 aromatic rings. The summed E-state index contributed by atoms with van der Waals surface area (Å²) in [5, 5.41) is 0. The standard InChI is InChI=1S/C16H16F3N3O.ClH/c1-15(21,14(20)23)9-13-8-11(6-7-22-13)10-2-4-12(5-3-10)16(17,18)19;/h2-8H,9,21H2,1H3,(H2,20,23);1H/t15-;/m1./s1. The fourth-order valence-electron chi connectivity index (χ4n) is 2.07. The second kappa shape index (κ2) is 7.19. The number of nitrogens with zero attached hydrogens (tertiary/aromatic N) is 1. The van der Waals surface area contributed by atoms with Crippen molar-refractivity contribution in [1.29, 1.82) is 0 Å². The van der Waals surface area contributed by atoms with Gasteiger partial charge in [-0.15, -0.1) is 12.4 Å². The van der Waals surface area contributed by atoms with Gasteiger partial charge in [-0.1, -0.05) is 12.1 Å². The van der Waals surface area contributed by atoms with Crippen molar-refractivity contribution in [2.24, 2.45) is 11.5 Å². The summed E-state index contributed by atoms with van der Waals surface area (Å²) in [6.45, 7) is 1.50. The number of alkyl halides is 3. The van der Waals surface area contributed by atoms with Gasteiger partial charge in [0.05, 0.1) is 11.1 Å². The average molecular weight is 360 g/mol. The third kappa shape index (κ3) is 4.69. The van der Waals surface area contributed by atoms with Gasteiger partial charge in [0.2, 0.25) is 5.91 Å². The van der Waals surface area contributed by atoms with E-state index in [1.807, 2.05) is 0 Å². The van der Waals surface area contributed by atoms with Crippen LogP contribution in [0, 0.1) is 0 Å². The highest BCUT2D eigenvalue weighted by Gasteiger charge is 2.30. The summed E-state index contributed by atoms with van der Waals surface area (Å²) in [7, 11) is 0. The third-order valence-electron chi connectivity index (χ3n) is 3.47. The minimum absolute atomic E-state index is 0. The second-order valence-corrected chi connectivity index (χ2v) is 5.57. The predicted octanol–water partition coefficient (Wildman–Crippen LogP) is 2.93. The van der Waals surface area contributed by atoms with Crippen molar-refractivity contribution >= 4 is 18.3 Å². The van der Waals surface area contributed by atoms with Gasteiger partial charge in [0.25, 0.3) is 0 Å². The molecule has 0 fully saturated rings. The number of hydrogen-bond donors (Lipinski definition) is 2. The van der Waals surface area contributed by atoms with Crippen molar-refractivity contribution in [2.75, 3.05) is 0 Å². The number of benzene rings is 1. The van der Waals surface area contributed by atoms with Gasteiger partial charge < -0.3 is 11.5 Å². The summed E-state index contributed by atoms with van der Waals surface area (Å²) in [5.74, 6) is -0.653. The van der Waals surface area contributed by atoms with E-state index in [0.717, 1.165) is 12.1 Å². The number of hydrogen-bond acceptors (Lipinski definition) is 3. The Morgan fingerprint density at radius 3 is 2.21 bits per heavy atom. The van der Waals surface area contributed by atoms with Crippen LogP contribution in [0.5, 0.6) is 0 Å². The van der Waals surface area contributed by atoms with Crippen molar-refractivity contribution < 1.29 is 18.0 Å². The van der Waals surface area contributed by atoms with Crippen LogP contribution in [0.1, 0.15) is 18.2 Å². The van der Waals surface area contributed by atoms with Crippen molar-refractivity contribution in [3.8, 4) is 11.1 Å². The zero-order valence-electron chi connectivity index (χ0n) is 12.8. The number of aromatic nitrogens is 1. The first-order valence-corrected chi connectivity index (χ1v) is 6.81. The number of halogens is 4. The summed E-state index contributed by atoms with van der Waals surface area (Å²) in [6.07, 6.45) is -2.72. The molecule has 8 heteroatoms. The largest absolute Gasteiger partial charge is 0.416 e. The number of rotatable bonds is 4. The minimum Gasteiger partial charge on any atom is -0.368 e. The molecule has 0 aliphatic rings.